The molecule has 0 saturated carbocycles. The molecule has 2 heterocycles. The fourth-order valence-electron chi connectivity index (χ4n) is 3.49. The predicted octanol–water partition coefficient (Wildman–Crippen LogP) is 4.32. The molecule has 0 spiro atoms. The van der Waals surface area contributed by atoms with Crippen LogP contribution < -0.4 is 14.9 Å². The minimum Gasteiger partial charge on any atom is -0.463 e. The lowest BCUT2D eigenvalue weighted by Crippen LogP contribution is -2.39. The summed E-state index contributed by atoms with van der Waals surface area (Å²) in [7, 11) is 0. The highest BCUT2D eigenvalue weighted by atomic mass is 79.9. The van der Waals surface area contributed by atoms with Crippen molar-refractivity contribution >= 4 is 55.2 Å². The third-order valence-corrected chi connectivity index (χ3v) is 6.85. The van der Waals surface area contributed by atoms with Gasteiger partial charge in [-0.3, -0.25) is 9.36 Å². The quantitative estimate of drug-likeness (QED) is 0.446. The summed E-state index contributed by atoms with van der Waals surface area (Å²) in [6.45, 7) is 3.78. The summed E-state index contributed by atoms with van der Waals surface area (Å²) in [5.74, 6) is -0.462. The van der Waals surface area contributed by atoms with E-state index in [1.165, 1.54) is 11.3 Å². The van der Waals surface area contributed by atoms with E-state index < -0.39 is 12.0 Å². The molecule has 0 radical (unpaired) electrons. The van der Waals surface area contributed by atoms with Gasteiger partial charge in [-0.15, -0.1) is 0 Å². The summed E-state index contributed by atoms with van der Waals surface area (Å²) in [5, 5.41) is 0. The van der Waals surface area contributed by atoms with Gasteiger partial charge in [-0.05, 0) is 55.3 Å². The van der Waals surface area contributed by atoms with Crippen LogP contribution in [0.3, 0.4) is 0 Å². The summed E-state index contributed by atoms with van der Waals surface area (Å²) in [6, 6.07) is 14.7. The summed E-state index contributed by atoms with van der Waals surface area (Å²) in [5.41, 5.74) is 2.46. The average molecular weight is 562 g/mol. The number of hydrogen-bond acceptors (Lipinski definition) is 5. The number of carbonyl (C=O) groups is 1. The molecule has 1 aliphatic heterocycles. The average Bonchev–Trinajstić information content (AvgIpc) is 3.03. The van der Waals surface area contributed by atoms with E-state index in [2.05, 4.69) is 36.9 Å². The Labute approximate surface area is 199 Å². The highest BCUT2D eigenvalue weighted by Gasteiger charge is 2.33. The van der Waals surface area contributed by atoms with Crippen LogP contribution in [-0.2, 0) is 9.53 Å². The molecule has 1 unspecified atom stereocenters. The molecule has 2 aromatic carbocycles. The first-order valence-electron chi connectivity index (χ1n) is 9.59. The monoisotopic (exact) mass is 560 g/mol. The Bertz CT molecular complexity index is 1370. The number of ether oxygens (including phenoxy) is 1. The van der Waals surface area contributed by atoms with Gasteiger partial charge in [0.25, 0.3) is 5.56 Å². The minimum atomic E-state index is -0.611. The third-order valence-electron chi connectivity index (χ3n) is 4.85. The van der Waals surface area contributed by atoms with E-state index in [9.17, 15) is 9.59 Å². The second kappa shape index (κ2) is 9.06. The fraction of sp³-hybridized carbons (Fsp3) is 0.174. The maximum absolute atomic E-state index is 13.5. The molecule has 1 aromatic heterocycles. The van der Waals surface area contributed by atoms with Gasteiger partial charge in [-0.2, -0.15) is 0 Å². The minimum absolute atomic E-state index is 0.189. The molecule has 1 aliphatic rings. The van der Waals surface area contributed by atoms with Crippen molar-refractivity contribution in [3.05, 3.63) is 99.6 Å². The molecule has 0 N–H and O–H groups in total. The maximum Gasteiger partial charge on any atom is 0.338 e. The van der Waals surface area contributed by atoms with Gasteiger partial charge in [-0.25, -0.2) is 9.79 Å². The summed E-state index contributed by atoms with van der Waals surface area (Å²) in [4.78, 5) is 31.5. The van der Waals surface area contributed by atoms with Crippen molar-refractivity contribution in [2.75, 3.05) is 6.61 Å². The van der Waals surface area contributed by atoms with E-state index in [1.807, 2.05) is 54.6 Å². The molecule has 4 rings (SSSR count). The van der Waals surface area contributed by atoms with Crippen molar-refractivity contribution in [3.8, 4) is 0 Å². The van der Waals surface area contributed by atoms with Gasteiger partial charge in [0.1, 0.15) is 0 Å². The lowest BCUT2D eigenvalue weighted by Gasteiger charge is -2.24. The maximum atomic E-state index is 13.5. The number of carbonyl (C=O) groups excluding carboxylic acids is 1. The number of halogens is 2. The zero-order valence-electron chi connectivity index (χ0n) is 16.8. The molecule has 0 bridgehead atoms. The number of hydrogen-bond donors (Lipinski definition) is 0. The Kier molecular flexibility index (Phi) is 6.41. The molecule has 158 valence electrons. The molecule has 8 heteroatoms. The Morgan fingerprint density at radius 3 is 2.61 bits per heavy atom. The van der Waals surface area contributed by atoms with Crippen LogP contribution in [0.25, 0.3) is 6.08 Å². The Morgan fingerprint density at radius 1 is 1.19 bits per heavy atom. The number of nitrogens with zero attached hydrogens (tertiary/aromatic N) is 2. The van der Waals surface area contributed by atoms with Crippen molar-refractivity contribution in [3.63, 3.8) is 0 Å². The third kappa shape index (κ3) is 4.37. The number of allylic oxidation sites excluding steroid dienone is 1. The van der Waals surface area contributed by atoms with Gasteiger partial charge in [0.2, 0.25) is 0 Å². The first-order chi connectivity index (χ1) is 14.9. The van der Waals surface area contributed by atoms with Crippen molar-refractivity contribution in [2.24, 2.45) is 4.99 Å². The molecule has 3 aromatic rings. The summed E-state index contributed by atoms with van der Waals surface area (Å²) in [6.07, 6.45) is 1.84. The normalized spacial score (nSPS) is 16.1. The zero-order valence-corrected chi connectivity index (χ0v) is 20.8. The topological polar surface area (TPSA) is 60.7 Å². The van der Waals surface area contributed by atoms with Crippen LogP contribution in [-0.4, -0.2) is 17.1 Å². The molecule has 1 atom stereocenters. The van der Waals surface area contributed by atoms with Crippen LogP contribution in [0.15, 0.2) is 78.5 Å². The first kappa shape index (κ1) is 21.9. The fourth-order valence-corrected chi connectivity index (χ4v) is 5.22. The number of rotatable bonds is 4. The number of benzene rings is 2. The second-order valence-corrected chi connectivity index (χ2v) is 9.75. The van der Waals surface area contributed by atoms with E-state index in [1.54, 1.807) is 18.4 Å². The van der Waals surface area contributed by atoms with E-state index in [0.29, 0.717) is 20.6 Å². The Hall–Kier alpha value is -2.29. The molecule has 5 nitrogen and oxygen atoms in total. The van der Waals surface area contributed by atoms with E-state index in [-0.39, 0.29) is 12.2 Å². The molecular weight excluding hydrogens is 544 g/mol. The molecule has 0 saturated heterocycles. The standard InChI is InChI=1S/C23H18Br2N2O3S/c1-3-30-22(29)19-13(2)26-23-27(20(19)15-5-4-6-17(25)12-15)21(28)18(31-23)11-14-7-9-16(24)10-8-14/h4-12,20H,3H2,1-2H3. The van der Waals surface area contributed by atoms with Crippen LogP contribution in [0.2, 0.25) is 0 Å². The lowest BCUT2D eigenvalue weighted by molar-refractivity contribution is -0.139. The Morgan fingerprint density at radius 2 is 1.94 bits per heavy atom. The lowest BCUT2D eigenvalue weighted by atomic mass is 9.96. The second-order valence-electron chi connectivity index (χ2n) is 6.91. The molecule has 0 aliphatic carbocycles. The Balaban J connectivity index is 1.96. The van der Waals surface area contributed by atoms with Crippen LogP contribution >= 0.6 is 43.2 Å². The van der Waals surface area contributed by atoms with Crippen LogP contribution in [0, 0.1) is 0 Å². The molecule has 31 heavy (non-hydrogen) atoms. The number of aromatic nitrogens is 1. The van der Waals surface area contributed by atoms with Gasteiger partial charge in [0.15, 0.2) is 4.80 Å². The van der Waals surface area contributed by atoms with Crippen molar-refractivity contribution in [1.82, 2.24) is 4.57 Å². The molecule has 0 fully saturated rings. The van der Waals surface area contributed by atoms with Crippen molar-refractivity contribution < 1.29 is 9.53 Å². The highest BCUT2D eigenvalue weighted by molar-refractivity contribution is 9.10. The first-order valence-corrected chi connectivity index (χ1v) is 12.0. The van der Waals surface area contributed by atoms with E-state index in [0.717, 1.165) is 20.1 Å². The van der Waals surface area contributed by atoms with Crippen LogP contribution in [0.4, 0.5) is 0 Å². The highest BCUT2D eigenvalue weighted by Crippen LogP contribution is 2.31. The summed E-state index contributed by atoms with van der Waals surface area (Å²) >= 11 is 8.23. The van der Waals surface area contributed by atoms with Gasteiger partial charge in [0.05, 0.1) is 28.5 Å². The molecule has 0 amide bonds. The van der Waals surface area contributed by atoms with Crippen molar-refractivity contribution in [1.29, 1.82) is 0 Å². The number of esters is 1. The number of thiazole rings is 1. The van der Waals surface area contributed by atoms with E-state index >= 15 is 0 Å². The van der Waals surface area contributed by atoms with Crippen LogP contribution in [0.1, 0.15) is 31.0 Å². The molecular formula is C23H18Br2N2O3S. The largest absolute Gasteiger partial charge is 0.463 e. The number of fused-ring (bicyclic) bond motifs is 1. The zero-order chi connectivity index (χ0) is 22.1. The SMILES string of the molecule is CCOC(=O)C1=C(C)N=c2sc(=Cc3ccc(Br)cc3)c(=O)n2C1c1cccc(Br)c1. The van der Waals surface area contributed by atoms with Crippen molar-refractivity contribution in [2.45, 2.75) is 19.9 Å². The van der Waals surface area contributed by atoms with Crippen LogP contribution in [0.5, 0.6) is 0 Å². The predicted molar refractivity (Wildman–Crippen MR) is 129 cm³/mol. The van der Waals surface area contributed by atoms with Gasteiger partial charge in [-0.1, -0.05) is 67.5 Å². The van der Waals surface area contributed by atoms with Gasteiger partial charge < -0.3 is 4.74 Å². The van der Waals surface area contributed by atoms with Gasteiger partial charge >= 0.3 is 5.97 Å². The smallest absolute Gasteiger partial charge is 0.338 e. The summed E-state index contributed by atoms with van der Waals surface area (Å²) < 4.78 is 9.29. The van der Waals surface area contributed by atoms with Gasteiger partial charge in [0, 0.05) is 8.95 Å². The van der Waals surface area contributed by atoms with E-state index in [4.69, 9.17) is 4.74 Å².